The van der Waals surface area contributed by atoms with Gasteiger partial charge in [0, 0.05) is 5.56 Å². The van der Waals surface area contributed by atoms with Crippen molar-refractivity contribution in [1.29, 1.82) is 0 Å². The molecule has 1 unspecified atom stereocenters. The third-order valence-electron chi connectivity index (χ3n) is 4.90. The summed E-state index contributed by atoms with van der Waals surface area (Å²) in [6, 6.07) is 8.70. The van der Waals surface area contributed by atoms with Crippen LogP contribution >= 0.6 is 0 Å². The van der Waals surface area contributed by atoms with Gasteiger partial charge in [0.1, 0.15) is 0 Å². The fraction of sp³-hybridized carbons (Fsp3) is 0.211. The maximum Gasteiger partial charge on any atom is 0.416 e. The van der Waals surface area contributed by atoms with Gasteiger partial charge in [-0.3, -0.25) is 14.9 Å². The Morgan fingerprint density at radius 3 is 2.29 bits per heavy atom. The van der Waals surface area contributed by atoms with Crippen LogP contribution in [0.1, 0.15) is 22.3 Å². The summed E-state index contributed by atoms with van der Waals surface area (Å²) < 4.78 is 38.3. The van der Waals surface area contributed by atoms with Crippen LogP contribution in [0.15, 0.2) is 42.5 Å². The molecule has 2 aliphatic heterocycles. The van der Waals surface area contributed by atoms with Gasteiger partial charge in [-0.1, -0.05) is 29.8 Å². The summed E-state index contributed by atoms with van der Waals surface area (Å²) in [6.45, 7) is 1.74. The molecule has 1 saturated heterocycles. The first kappa shape index (κ1) is 18.0. The van der Waals surface area contributed by atoms with Gasteiger partial charge in [-0.2, -0.15) is 13.2 Å². The summed E-state index contributed by atoms with van der Waals surface area (Å²) in [4.78, 5) is 38.7. The molecule has 9 heteroatoms. The number of imide groups is 1. The first-order valence-electron chi connectivity index (χ1n) is 8.36. The van der Waals surface area contributed by atoms with E-state index in [1.54, 1.807) is 25.1 Å². The van der Waals surface area contributed by atoms with E-state index in [1.807, 2.05) is 0 Å². The second-order valence-corrected chi connectivity index (χ2v) is 6.76. The van der Waals surface area contributed by atoms with Crippen molar-refractivity contribution in [1.82, 2.24) is 10.6 Å². The molecule has 144 valence electrons. The highest BCUT2D eigenvalue weighted by atomic mass is 19.4. The number of amides is 4. The van der Waals surface area contributed by atoms with Crippen molar-refractivity contribution in [2.24, 2.45) is 0 Å². The van der Waals surface area contributed by atoms with Gasteiger partial charge in [-0.05, 0) is 30.7 Å². The molecular weight excluding hydrogens is 375 g/mol. The number of carbonyl (C=O) groups excluding carboxylic acids is 3. The molecule has 2 aromatic rings. The summed E-state index contributed by atoms with van der Waals surface area (Å²) >= 11 is 0. The van der Waals surface area contributed by atoms with Crippen LogP contribution in [0.25, 0.3) is 0 Å². The van der Waals surface area contributed by atoms with Crippen molar-refractivity contribution in [3.8, 4) is 0 Å². The molecule has 0 radical (unpaired) electrons. The van der Waals surface area contributed by atoms with Crippen molar-refractivity contribution in [2.75, 3.05) is 4.90 Å². The van der Waals surface area contributed by atoms with E-state index < -0.39 is 35.1 Å². The molecule has 2 N–H and O–H groups in total. The standard InChI is InChI=1S/C19H14F3N3O3/c1-10-2-7-14-13(8-10)18(15(26)23-17(28)24-18)16(27)25(14)9-11-3-5-12(6-4-11)19(20,21)22/h2-8H,9H2,1H3,(H2,23,24,26,28). The number of carbonyl (C=O) groups is 3. The summed E-state index contributed by atoms with van der Waals surface area (Å²) in [5.41, 5.74) is -0.643. The Labute approximate surface area is 157 Å². The molecule has 0 aliphatic carbocycles. The molecule has 28 heavy (non-hydrogen) atoms. The maximum absolute atomic E-state index is 13.2. The average molecular weight is 389 g/mol. The van der Waals surface area contributed by atoms with Crippen molar-refractivity contribution in [3.63, 3.8) is 0 Å². The van der Waals surface area contributed by atoms with E-state index in [9.17, 15) is 27.6 Å². The number of hydrogen-bond acceptors (Lipinski definition) is 3. The zero-order valence-electron chi connectivity index (χ0n) is 14.6. The van der Waals surface area contributed by atoms with Crippen LogP contribution in [0.2, 0.25) is 0 Å². The third kappa shape index (κ3) is 2.54. The molecule has 4 amide bonds. The molecule has 0 saturated carbocycles. The number of fused-ring (bicyclic) bond motifs is 2. The minimum atomic E-state index is -4.46. The van der Waals surface area contributed by atoms with E-state index in [2.05, 4.69) is 10.6 Å². The highest BCUT2D eigenvalue weighted by Gasteiger charge is 2.61. The fourth-order valence-electron chi connectivity index (χ4n) is 3.55. The highest BCUT2D eigenvalue weighted by Crippen LogP contribution is 2.43. The van der Waals surface area contributed by atoms with Crippen LogP contribution < -0.4 is 15.5 Å². The van der Waals surface area contributed by atoms with Gasteiger partial charge in [0.2, 0.25) is 5.54 Å². The molecule has 6 nitrogen and oxygen atoms in total. The van der Waals surface area contributed by atoms with Crippen molar-refractivity contribution in [2.45, 2.75) is 25.2 Å². The Kier molecular flexibility index (Phi) is 3.74. The minimum absolute atomic E-state index is 0.0437. The fourth-order valence-corrected chi connectivity index (χ4v) is 3.55. The lowest BCUT2D eigenvalue weighted by atomic mass is 9.90. The van der Waals surface area contributed by atoms with Gasteiger partial charge in [-0.15, -0.1) is 0 Å². The lowest BCUT2D eigenvalue weighted by Gasteiger charge is -2.21. The molecule has 0 bridgehead atoms. The van der Waals surface area contributed by atoms with E-state index in [-0.39, 0.29) is 6.54 Å². The summed E-state index contributed by atoms with van der Waals surface area (Å²) in [5.74, 6) is -1.43. The number of urea groups is 1. The number of aryl methyl sites for hydroxylation is 1. The number of benzene rings is 2. The number of nitrogens with zero attached hydrogens (tertiary/aromatic N) is 1. The third-order valence-corrected chi connectivity index (χ3v) is 4.90. The number of anilines is 1. The maximum atomic E-state index is 13.2. The molecule has 1 atom stereocenters. The Morgan fingerprint density at radius 1 is 1.04 bits per heavy atom. The summed E-state index contributed by atoms with van der Waals surface area (Å²) in [6.07, 6.45) is -4.46. The molecule has 0 aromatic heterocycles. The second-order valence-electron chi connectivity index (χ2n) is 6.76. The number of alkyl halides is 3. The van der Waals surface area contributed by atoms with Gasteiger partial charge >= 0.3 is 12.2 Å². The summed E-state index contributed by atoms with van der Waals surface area (Å²) in [7, 11) is 0. The zero-order chi connectivity index (χ0) is 20.3. The first-order chi connectivity index (χ1) is 13.1. The molecule has 2 heterocycles. The second kappa shape index (κ2) is 5.82. The van der Waals surface area contributed by atoms with Gasteiger partial charge in [0.05, 0.1) is 17.8 Å². The largest absolute Gasteiger partial charge is 0.416 e. The average Bonchev–Trinajstić information content (AvgIpc) is 3.04. The Morgan fingerprint density at radius 2 is 1.71 bits per heavy atom. The number of hydrogen-bond donors (Lipinski definition) is 2. The summed E-state index contributed by atoms with van der Waals surface area (Å²) in [5, 5.41) is 4.50. The van der Waals surface area contributed by atoms with E-state index >= 15 is 0 Å². The van der Waals surface area contributed by atoms with Crippen molar-refractivity contribution >= 4 is 23.5 Å². The van der Waals surface area contributed by atoms with Gasteiger partial charge in [-0.25, -0.2) is 4.79 Å². The smallest absolute Gasteiger partial charge is 0.312 e. The number of nitrogens with one attached hydrogen (secondary N) is 2. The molecule has 1 fully saturated rings. The SMILES string of the molecule is Cc1ccc2c(c1)C1(NC(=O)NC1=O)C(=O)N2Cc1ccc(C(F)(F)F)cc1. The van der Waals surface area contributed by atoms with Crippen LogP contribution in [-0.4, -0.2) is 17.8 Å². The molecule has 4 rings (SSSR count). The Bertz CT molecular complexity index is 1020. The van der Waals surface area contributed by atoms with Crippen molar-refractivity contribution < 1.29 is 27.6 Å². The van der Waals surface area contributed by atoms with E-state index in [0.29, 0.717) is 16.8 Å². The number of rotatable bonds is 2. The molecule has 1 spiro atoms. The first-order valence-corrected chi connectivity index (χ1v) is 8.36. The normalized spacial score (nSPS) is 21.1. The predicted octanol–water partition coefficient (Wildman–Crippen LogP) is 2.60. The Hall–Kier alpha value is -3.36. The van der Waals surface area contributed by atoms with Crippen LogP contribution in [0, 0.1) is 6.92 Å². The van der Waals surface area contributed by atoms with E-state index in [1.165, 1.54) is 17.0 Å². The zero-order valence-corrected chi connectivity index (χ0v) is 14.6. The molecule has 2 aliphatic rings. The number of halogens is 3. The van der Waals surface area contributed by atoms with Crippen LogP contribution in [0.5, 0.6) is 0 Å². The van der Waals surface area contributed by atoms with E-state index in [0.717, 1.165) is 17.7 Å². The van der Waals surface area contributed by atoms with Crippen LogP contribution in [0.3, 0.4) is 0 Å². The molecular formula is C19H14F3N3O3. The van der Waals surface area contributed by atoms with Gasteiger partial charge < -0.3 is 10.2 Å². The topological polar surface area (TPSA) is 78.5 Å². The highest BCUT2D eigenvalue weighted by molar-refractivity contribution is 6.27. The monoisotopic (exact) mass is 389 g/mol. The Balaban J connectivity index is 1.74. The van der Waals surface area contributed by atoms with E-state index in [4.69, 9.17) is 0 Å². The predicted molar refractivity (Wildman–Crippen MR) is 92.2 cm³/mol. The van der Waals surface area contributed by atoms with Crippen LogP contribution in [0.4, 0.5) is 23.7 Å². The van der Waals surface area contributed by atoms with Crippen molar-refractivity contribution in [3.05, 3.63) is 64.7 Å². The minimum Gasteiger partial charge on any atom is -0.312 e. The van der Waals surface area contributed by atoms with Gasteiger partial charge in [0.25, 0.3) is 11.8 Å². The van der Waals surface area contributed by atoms with Crippen LogP contribution in [-0.2, 0) is 27.8 Å². The lowest BCUT2D eigenvalue weighted by Crippen LogP contribution is -2.52. The molecule has 2 aromatic carbocycles. The lowest BCUT2D eigenvalue weighted by molar-refractivity contribution is -0.138. The van der Waals surface area contributed by atoms with Gasteiger partial charge in [0.15, 0.2) is 0 Å². The quantitative estimate of drug-likeness (QED) is 0.612.